The maximum atomic E-state index is 13.2. The number of nitrogens with one attached hydrogen (secondary N) is 2. The Hall–Kier alpha value is -2.44. The molecule has 0 spiro atoms. The molecule has 1 saturated heterocycles. The molecule has 2 unspecified atom stereocenters. The first-order valence-electron chi connectivity index (χ1n) is 10.6. The van der Waals surface area contributed by atoms with E-state index in [1.165, 1.54) is 17.7 Å². The third kappa shape index (κ3) is 6.03. The van der Waals surface area contributed by atoms with E-state index in [4.69, 9.17) is 4.74 Å². The molecule has 0 amide bonds. The van der Waals surface area contributed by atoms with Crippen LogP contribution in [0.4, 0.5) is 4.39 Å². The Bertz CT molecular complexity index is 789. The first-order valence-corrected chi connectivity index (χ1v) is 10.6. The average Bonchev–Trinajstić information content (AvgIpc) is 2.80. The molecule has 1 aliphatic rings. The minimum Gasteiger partial charge on any atom is -0.375 e. The van der Waals surface area contributed by atoms with Crippen molar-refractivity contribution in [2.45, 2.75) is 38.0 Å². The quantitative estimate of drug-likeness (QED) is 0.535. The molecule has 2 aromatic carbocycles. The third-order valence-corrected chi connectivity index (χ3v) is 5.90. The number of hydrogen-bond acceptors (Lipinski definition) is 3. The molecule has 162 valence electrons. The summed E-state index contributed by atoms with van der Waals surface area (Å²) in [6, 6.07) is 17.9. The molecule has 1 fully saturated rings. The Morgan fingerprint density at radius 3 is 2.37 bits per heavy atom. The molecule has 1 heterocycles. The number of rotatable bonds is 7. The normalized spacial score (nSPS) is 18.1. The number of hydrogen-bond donors (Lipinski definition) is 2. The SMILES string of the molecule is CN=C(NCC(OC)c1ccc(F)cc1)NC1CCN(C(C)c2ccccc2)CC1. The van der Waals surface area contributed by atoms with E-state index in [2.05, 4.69) is 57.8 Å². The lowest BCUT2D eigenvalue weighted by Gasteiger charge is -2.37. The molecule has 0 radical (unpaired) electrons. The number of benzene rings is 2. The van der Waals surface area contributed by atoms with Gasteiger partial charge >= 0.3 is 0 Å². The van der Waals surface area contributed by atoms with Gasteiger partial charge in [-0.1, -0.05) is 42.5 Å². The van der Waals surface area contributed by atoms with Crippen LogP contribution < -0.4 is 10.6 Å². The Morgan fingerprint density at radius 2 is 1.77 bits per heavy atom. The molecule has 3 rings (SSSR count). The fourth-order valence-corrected chi connectivity index (χ4v) is 3.97. The molecule has 6 heteroatoms. The van der Waals surface area contributed by atoms with Crippen molar-refractivity contribution in [2.75, 3.05) is 33.8 Å². The summed E-state index contributed by atoms with van der Waals surface area (Å²) in [5, 5.41) is 6.89. The van der Waals surface area contributed by atoms with E-state index >= 15 is 0 Å². The van der Waals surface area contributed by atoms with Crippen LogP contribution >= 0.6 is 0 Å². The molecule has 30 heavy (non-hydrogen) atoms. The van der Waals surface area contributed by atoms with Gasteiger partial charge in [-0.15, -0.1) is 0 Å². The van der Waals surface area contributed by atoms with Gasteiger partial charge < -0.3 is 15.4 Å². The lowest BCUT2D eigenvalue weighted by molar-refractivity contribution is 0.106. The standard InChI is InChI=1S/C24H33FN4O/c1-18(19-7-5-4-6-8-19)29-15-13-22(14-16-29)28-24(26-2)27-17-23(30-3)20-9-11-21(25)12-10-20/h4-12,18,22-23H,13-17H2,1-3H3,(H2,26,27,28). The maximum Gasteiger partial charge on any atom is 0.191 e. The second kappa shape index (κ2) is 11.1. The number of methoxy groups -OCH3 is 1. The fraction of sp³-hybridized carbons (Fsp3) is 0.458. The van der Waals surface area contributed by atoms with Crippen LogP contribution in [0.25, 0.3) is 0 Å². The van der Waals surface area contributed by atoms with Crippen molar-refractivity contribution in [3.63, 3.8) is 0 Å². The first kappa shape index (κ1) is 22.2. The van der Waals surface area contributed by atoms with Crippen LogP contribution in [-0.4, -0.2) is 50.7 Å². The zero-order valence-corrected chi connectivity index (χ0v) is 18.1. The van der Waals surface area contributed by atoms with Crippen molar-refractivity contribution in [3.8, 4) is 0 Å². The minimum absolute atomic E-state index is 0.169. The van der Waals surface area contributed by atoms with Gasteiger partial charge in [0, 0.05) is 45.9 Å². The summed E-state index contributed by atoms with van der Waals surface area (Å²) in [6.45, 7) is 4.96. The molecule has 5 nitrogen and oxygen atoms in total. The summed E-state index contributed by atoms with van der Waals surface area (Å²) in [4.78, 5) is 6.90. The van der Waals surface area contributed by atoms with Crippen molar-refractivity contribution in [1.82, 2.24) is 15.5 Å². The van der Waals surface area contributed by atoms with Crippen LogP contribution in [0.1, 0.15) is 43.0 Å². The smallest absolute Gasteiger partial charge is 0.191 e. The van der Waals surface area contributed by atoms with Crippen LogP contribution in [-0.2, 0) is 4.74 Å². The lowest BCUT2D eigenvalue weighted by Crippen LogP contribution is -2.49. The minimum atomic E-state index is -0.244. The van der Waals surface area contributed by atoms with Crippen molar-refractivity contribution < 1.29 is 9.13 Å². The molecule has 0 saturated carbocycles. The number of ether oxygens (including phenoxy) is 1. The fourth-order valence-electron chi connectivity index (χ4n) is 3.97. The predicted octanol–water partition coefficient (Wildman–Crippen LogP) is 3.90. The van der Waals surface area contributed by atoms with Gasteiger partial charge in [0.25, 0.3) is 0 Å². The Morgan fingerprint density at radius 1 is 1.10 bits per heavy atom. The molecule has 2 atom stereocenters. The van der Waals surface area contributed by atoms with Crippen molar-refractivity contribution in [1.29, 1.82) is 0 Å². The molecule has 0 bridgehead atoms. The molecule has 2 N–H and O–H groups in total. The summed E-state index contributed by atoms with van der Waals surface area (Å²) < 4.78 is 18.7. The second-order valence-electron chi connectivity index (χ2n) is 7.77. The van der Waals surface area contributed by atoms with Crippen LogP contribution in [0.3, 0.4) is 0 Å². The van der Waals surface area contributed by atoms with E-state index in [9.17, 15) is 4.39 Å². The Balaban J connectivity index is 1.46. The highest BCUT2D eigenvalue weighted by Gasteiger charge is 2.24. The number of piperidine rings is 1. The number of likely N-dealkylation sites (tertiary alicyclic amines) is 1. The zero-order chi connectivity index (χ0) is 21.3. The Labute approximate surface area is 179 Å². The van der Waals surface area contributed by atoms with Crippen LogP contribution in [0.2, 0.25) is 0 Å². The van der Waals surface area contributed by atoms with Crippen molar-refractivity contribution in [3.05, 3.63) is 71.5 Å². The van der Waals surface area contributed by atoms with E-state index < -0.39 is 0 Å². The van der Waals surface area contributed by atoms with Crippen LogP contribution in [0, 0.1) is 5.82 Å². The third-order valence-electron chi connectivity index (χ3n) is 5.90. The van der Waals surface area contributed by atoms with Gasteiger partial charge in [-0.2, -0.15) is 0 Å². The molecular formula is C24H33FN4O. The number of halogens is 1. The van der Waals surface area contributed by atoms with Crippen molar-refractivity contribution >= 4 is 5.96 Å². The summed E-state index contributed by atoms with van der Waals surface area (Å²) >= 11 is 0. The number of aliphatic imine (C=N–C) groups is 1. The lowest BCUT2D eigenvalue weighted by atomic mass is 10.0. The van der Waals surface area contributed by atoms with Gasteiger partial charge in [-0.05, 0) is 43.0 Å². The van der Waals surface area contributed by atoms with Crippen LogP contribution in [0.15, 0.2) is 59.6 Å². The van der Waals surface area contributed by atoms with E-state index in [1.54, 1.807) is 26.3 Å². The largest absolute Gasteiger partial charge is 0.375 e. The number of nitrogens with zero attached hydrogens (tertiary/aromatic N) is 2. The topological polar surface area (TPSA) is 48.9 Å². The molecule has 2 aromatic rings. The highest BCUT2D eigenvalue weighted by atomic mass is 19.1. The molecule has 1 aliphatic heterocycles. The van der Waals surface area contributed by atoms with E-state index in [-0.39, 0.29) is 11.9 Å². The molecule has 0 aromatic heterocycles. The monoisotopic (exact) mass is 412 g/mol. The van der Waals surface area contributed by atoms with Gasteiger partial charge in [0.2, 0.25) is 0 Å². The van der Waals surface area contributed by atoms with Gasteiger partial charge in [0.15, 0.2) is 5.96 Å². The maximum absolute atomic E-state index is 13.2. The Kier molecular flexibility index (Phi) is 8.22. The van der Waals surface area contributed by atoms with E-state index in [0.29, 0.717) is 18.6 Å². The average molecular weight is 413 g/mol. The summed E-state index contributed by atoms with van der Waals surface area (Å²) in [7, 11) is 3.44. The first-order chi connectivity index (χ1) is 14.6. The predicted molar refractivity (Wildman–Crippen MR) is 120 cm³/mol. The van der Waals surface area contributed by atoms with E-state index in [0.717, 1.165) is 37.5 Å². The van der Waals surface area contributed by atoms with Gasteiger partial charge in [0.05, 0.1) is 6.10 Å². The van der Waals surface area contributed by atoms with Gasteiger partial charge in [-0.3, -0.25) is 9.89 Å². The number of guanidine groups is 1. The highest BCUT2D eigenvalue weighted by molar-refractivity contribution is 5.80. The molecular weight excluding hydrogens is 379 g/mol. The van der Waals surface area contributed by atoms with Crippen molar-refractivity contribution in [2.24, 2.45) is 4.99 Å². The summed E-state index contributed by atoms with van der Waals surface area (Å²) in [6.07, 6.45) is 1.98. The van der Waals surface area contributed by atoms with E-state index in [1.807, 2.05) is 0 Å². The highest BCUT2D eigenvalue weighted by Crippen LogP contribution is 2.24. The van der Waals surface area contributed by atoms with Gasteiger partial charge in [0.1, 0.15) is 5.82 Å². The summed E-state index contributed by atoms with van der Waals surface area (Å²) in [5.41, 5.74) is 2.30. The van der Waals surface area contributed by atoms with Gasteiger partial charge in [-0.25, -0.2) is 4.39 Å². The zero-order valence-electron chi connectivity index (χ0n) is 18.1. The molecule has 0 aliphatic carbocycles. The van der Waals surface area contributed by atoms with Crippen LogP contribution in [0.5, 0.6) is 0 Å². The second-order valence-corrected chi connectivity index (χ2v) is 7.77. The summed E-state index contributed by atoms with van der Waals surface area (Å²) in [5.74, 6) is 0.528.